The van der Waals surface area contributed by atoms with E-state index in [2.05, 4.69) is 40.6 Å². The average molecular weight is 700 g/mol. The maximum absolute atomic E-state index is 14.3. The fourth-order valence-corrected chi connectivity index (χ4v) is 8.96. The summed E-state index contributed by atoms with van der Waals surface area (Å²) in [6.07, 6.45) is 5.31. The smallest absolute Gasteiger partial charge is 0.311 e. The SMILES string of the molecule is CC1NC(COCCN2CCCCCC2)C(CCC(c2ccccc2)c2ccccc2)(C(=O)O)C(c2cccc(Cl)c2)C1(CCC#N)C(=O)O. The van der Waals surface area contributed by atoms with Crippen LogP contribution in [0.1, 0.15) is 86.8 Å². The summed E-state index contributed by atoms with van der Waals surface area (Å²) in [7, 11) is 0. The molecule has 50 heavy (non-hydrogen) atoms. The number of halogens is 1. The minimum Gasteiger partial charge on any atom is -0.481 e. The molecule has 3 aromatic rings. The van der Waals surface area contributed by atoms with Gasteiger partial charge in [-0.1, -0.05) is 97.2 Å². The third-order valence-electron chi connectivity index (χ3n) is 11.3. The van der Waals surface area contributed by atoms with E-state index in [0.717, 1.165) is 43.6 Å². The molecule has 8 nitrogen and oxygen atoms in total. The normalized spacial score (nSPS) is 25.8. The molecule has 0 amide bonds. The molecule has 9 heteroatoms. The Morgan fingerprint density at radius 2 is 1.54 bits per heavy atom. The second-order valence-corrected chi connectivity index (χ2v) is 14.5. The minimum atomic E-state index is -1.64. The van der Waals surface area contributed by atoms with Gasteiger partial charge in [0, 0.05) is 41.9 Å². The van der Waals surface area contributed by atoms with Crippen molar-refractivity contribution in [3.8, 4) is 6.07 Å². The number of carboxylic acids is 2. The minimum absolute atomic E-state index is 0.0253. The number of hydrogen-bond acceptors (Lipinski definition) is 6. The first-order valence-electron chi connectivity index (χ1n) is 18.0. The van der Waals surface area contributed by atoms with Crippen LogP contribution in [0.25, 0.3) is 0 Å². The van der Waals surface area contributed by atoms with Gasteiger partial charge < -0.3 is 25.2 Å². The van der Waals surface area contributed by atoms with Crippen LogP contribution in [0, 0.1) is 22.2 Å². The van der Waals surface area contributed by atoms with Gasteiger partial charge in [-0.2, -0.15) is 5.26 Å². The van der Waals surface area contributed by atoms with Crippen molar-refractivity contribution in [2.45, 2.75) is 82.2 Å². The zero-order valence-electron chi connectivity index (χ0n) is 29.0. The van der Waals surface area contributed by atoms with Crippen molar-refractivity contribution in [3.05, 3.63) is 107 Å². The number of piperidine rings is 1. The molecule has 0 aliphatic carbocycles. The van der Waals surface area contributed by atoms with E-state index in [4.69, 9.17) is 16.3 Å². The van der Waals surface area contributed by atoms with Crippen LogP contribution in [0.4, 0.5) is 0 Å². The first-order chi connectivity index (χ1) is 24.2. The molecular formula is C41H50ClN3O5. The molecule has 0 aromatic heterocycles. The summed E-state index contributed by atoms with van der Waals surface area (Å²) in [4.78, 5) is 30.4. The lowest BCUT2D eigenvalue weighted by atomic mass is 9.49. The highest BCUT2D eigenvalue weighted by molar-refractivity contribution is 6.30. The highest BCUT2D eigenvalue weighted by Gasteiger charge is 2.67. The number of likely N-dealkylation sites (tertiary alicyclic amines) is 1. The number of carboxylic acid groups (broad SMARTS) is 2. The third kappa shape index (κ3) is 8.08. The topological polar surface area (TPSA) is 123 Å². The number of nitriles is 1. The van der Waals surface area contributed by atoms with Gasteiger partial charge in [0.2, 0.25) is 0 Å². The van der Waals surface area contributed by atoms with Crippen molar-refractivity contribution in [3.63, 3.8) is 0 Å². The third-order valence-corrected chi connectivity index (χ3v) is 11.5. The first kappa shape index (κ1) is 37.5. The van der Waals surface area contributed by atoms with Crippen molar-refractivity contribution < 1.29 is 24.5 Å². The van der Waals surface area contributed by atoms with E-state index in [1.165, 1.54) is 12.8 Å². The van der Waals surface area contributed by atoms with Crippen molar-refractivity contribution in [2.75, 3.05) is 32.8 Å². The molecule has 2 aliphatic rings. The monoisotopic (exact) mass is 699 g/mol. The maximum atomic E-state index is 14.3. The van der Waals surface area contributed by atoms with E-state index in [0.29, 0.717) is 23.6 Å². The second-order valence-electron chi connectivity index (χ2n) is 14.0. The molecular weight excluding hydrogens is 650 g/mol. The van der Waals surface area contributed by atoms with Crippen molar-refractivity contribution in [1.82, 2.24) is 10.2 Å². The Kier molecular flexibility index (Phi) is 13.1. The fourth-order valence-electron chi connectivity index (χ4n) is 8.76. The lowest BCUT2D eigenvalue weighted by Crippen LogP contribution is -2.71. The second kappa shape index (κ2) is 17.5. The van der Waals surface area contributed by atoms with Crippen LogP contribution in [0.15, 0.2) is 84.9 Å². The van der Waals surface area contributed by atoms with Crippen LogP contribution in [0.2, 0.25) is 5.02 Å². The van der Waals surface area contributed by atoms with E-state index in [9.17, 15) is 25.1 Å². The van der Waals surface area contributed by atoms with Gasteiger partial charge in [-0.05, 0) is 80.9 Å². The van der Waals surface area contributed by atoms with E-state index < -0.39 is 40.8 Å². The Bertz CT molecular complexity index is 1550. The Morgan fingerprint density at radius 3 is 2.10 bits per heavy atom. The van der Waals surface area contributed by atoms with Crippen LogP contribution in [0.5, 0.6) is 0 Å². The standard InChI is InChI=1S/C41H50ClN3O5/c1-30-40(38(46)47,21-13-23-43)37(33-18-12-19-34(42)28-33)41(39(48)49,36(44-30)29-50-27-26-45-24-10-2-3-11-25-45)22-20-35(31-14-6-4-7-15-31)32-16-8-5-9-17-32/h4-9,12,14-19,28,30,35-37,44H,2-3,10-11,13,20-22,24-27,29H2,1H3,(H,46,47)(H,48,49). The highest BCUT2D eigenvalue weighted by Crippen LogP contribution is 2.60. The van der Waals surface area contributed by atoms with Crippen molar-refractivity contribution >= 4 is 23.5 Å². The predicted molar refractivity (Wildman–Crippen MR) is 195 cm³/mol. The fraction of sp³-hybridized carbons (Fsp3) is 0.488. The van der Waals surface area contributed by atoms with Gasteiger partial charge in [0.05, 0.1) is 30.1 Å². The Balaban J connectivity index is 1.61. The molecule has 0 saturated carbocycles. The van der Waals surface area contributed by atoms with Crippen molar-refractivity contribution in [2.24, 2.45) is 10.8 Å². The summed E-state index contributed by atoms with van der Waals surface area (Å²) in [5, 5.41) is 36.5. The molecule has 2 saturated heterocycles. The molecule has 5 rings (SSSR count). The summed E-state index contributed by atoms with van der Waals surface area (Å²) in [6.45, 7) is 5.15. The molecule has 0 radical (unpaired) electrons. The zero-order valence-corrected chi connectivity index (χ0v) is 29.7. The number of rotatable bonds is 15. The van der Waals surface area contributed by atoms with E-state index in [1.54, 1.807) is 31.2 Å². The molecule has 266 valence electrons. The van der Waals surface area contributed by atoms with E-state index >= 15 is 0 Å². The maximum Gasteiger partial charge on any atom is 0.311 e. The van der Waals surface area contributed by atoms with Crippen LogP contribution in [-0.2, 0) is 14.3 Å². The highest BCUT2D eigenvalue weighted by atomic mass is 35.5. The molecule has 5 atom stereocenters. The summed E-state index contributed by atoms with van der Waals surface area (Å²) in [5.41, 5.74) is -0.629. The molecule has 3 aromatic carbocycles. The number of ether oxygens (including phenoxy) is 1. The molecule has 2 heterocycles. The van der Waals surface area contributed by atoms with E-state index in [1.807, 2.05) is 36.4 Å². The average Bonchev–Trinajstić information content (AvgIpc) is 3.40. The lowest BCUT2D eigenvalue weighted by molar-refractivity contribution is -0.177. The Morgan fingerprint density at radius 1 is 0.920 bits per heavy atom. The summed E-state index contributed by atoms with van der Waals surface area (Å²) >= 11 is 6.57. The van der Waals surface area contributed by atoms with Crippen LogP contribution in [0.3, 0.4) is 0 Å². The number of hydrogen-bond donors (Lipinski definition) is 3. The number of nitrogens with one attached hydrogen (secondary N) is 1. The molecule has 0 spiro atoms. The summed E-state index contributed by atoms with van der Waals surface area (Å²) in [6, 6.07) is 27.7. The van der Waals surface area contributed by atoms with Gasteiger partial charge in [-0.25, -0.2) is 0 Å². The van der Waals surface area contributed by atoms with Gasteiger partial charge in [0.25, 0.3) is 0 Å². The van der Waals surface area contributed by atoms with Crippen LogP contribution >= 0.6 is 11.6 Å². The van der Waals surface area contributed by atoms with Gasteiger partial charge in [0.1, 0.15) is 0 Å². The quantitative estimate of drug-likeness (QED) is 0.138. The number of carbonyl (C=O) groups is 2. The van der Waals surface area contributed by atoms with E-state index in [-0.39, 0.29) is 31.8 Å². The van der Waals surface area contributed by atoms with Crippen molar-refractivity contribution in [1.29, 1.82) is 5.26 Å². The predicted octanol–water partition coefficient (Wildman–Crippen LogP) is 7.73. The number of benzene rings is 3. The first-order valence-corrected chi connectivity index (χ1v) is 18.4. The van der Waals surface area contributed by atoms with Gasteiger partial charge >= 0.3 is 11.9 Å². The van der Waals surface area contributed by atoms with Crippen LogP contribution in [-0.4, -0.2) is 72.0 Å². The number of aliphatic carboxylic acids is 2. The largest absolute Gasteiger partial charge is 0.481 e. The number of nitrogens with zero attached hydrogens (tertiary/aromatic N) is 2. The molecule has 2 fully saturated rings. The van der Waals surface area contributed by atoms with Gasteiger partial charge in [-0.15, -0.1) is 0 Å². The van der Waals surface area contributed by atoms with Crippen LogP contribution < -0.4 is 5.32 Å². The zero-order chi connectivity index (χ0) is 35.6. The summed E-state index contributed by atoms with van der Waals surface area (Å²) < 4.78 is 6.37. The van der Waals surface area contributed by atoms with Gasteiger partial charge in [-0.3, -0.25) is 9.59 Å². The molecule has 5 unspecified atom stereocenters. The van der Waals surface area contributed by atoms with Gasteiger partial charge in [0.15, 0.2) is 0 Å². The molecule has 0 bridgehead atoms. The Labute approximate surface area is 301 Å². The molecule has 3 N–H and O–H groups in total. The molecule has 2 aliphatic heterocycles. The Hall–Kier alpha value is -3.74. The summed E-state index contributed by atoms with van der Waals surface area (Å²) in [5.74, 6) is -3.40. The lowest BCUT2D eigenvalue weighted by Gasteiger charge is -2.58.